The van der Waals surface area contributed by atoms with Gasteiger partial charge in [-0.1, -0.05) is 47.1 Å². The average molecular weight is 494 g/mol. The molecule has 0 aliphatic heterocycles. The lowest BCUT2D eigenvalue weighted by atomic mass is 10.2. The highest BCUT2D eigenvalue weighted by molar-refractivity contribution is 7.99. The summed E-state index contributed by atoms with van der Waals surface area (Å²) in [6, 6.07) is 12.5. The molecule has 3 rings (SSSR count). The van der Waals surface area contributed by atoms with E-state index in [-0.39, 0.29) is 18.2 Å². The Morgan fingerprint density at radius 1 is 1.16 bits per heavy atom. The van der Waals surface area contributed by atoms with Crippen LogP contribution in [0.15, 0.2) is 47.6 Å². The van der Waals surface area contributed by atoms with Gasteiger partial charge in [-0.3, -0.25) is 9.10 Å². The number of benzene rings is 2. The molecule has 3 aromatic rings. The summed E-state index contributed by atoms with van der Waals surface area (Å²) in [4.78, 5) is 12.3. The molecule has 8 nitrogen and oxygen atoms in total. The van der Waals surface area contributed by atoms with E-state index in [1.165, 1.54) is 16.1 Å². The summed E-state index contributed by atoms with van der Waals surface area (Å²) in [6.45, 7) is 3.85. The predicted octanol–water partition coefficient (Wildman–Crippen LogP) is 3.78. The van der Waals surface area contributed by atoms with Crippen molar-refractivity contribution >= 4 is 50.7 Å². The molecule has 0 unspecified atom stereocenters. The summed E-state index contributed by atoms with van der Waals surface area (Å²) < 4.78 is 27.7. The van der Waals surface area contributed by atoms with Crippen molar-refractivity contribution in [2.45, 2.75) is 25.5 Å². The predicted molar refractivity (Wildman–Crippen MR) is 129 cm³/mol. The fourth-order valence-corrected chi connectivity index (χ4v) is 4.61. The van der Waals surface area contributed by atoms with E-state index >= 15 is 0 Å². The first-order valence-electron chi connectivity index (χ1n) is 9.66. The van der Waals surface area contributed by atoms with Gasteiger partial charge in [-0.15, -0.1) is 10.2 Å². The van der Waals surface area contributed by atoms with E-state index in [1.807, 2.05) is 32.0 Å². The summed E-state index contributed by atoms with van der Waals surface area (Å²) in [7, 11) is -1.79. The Morgan fingerprint density at radius 2 is 1.84 bits per heavy atom. The Bertz CT molecular complexity index is 1230. The van der Waals surface area contributed by atoms with Crippen LogP contribution in [-0.4, -0.2) is 41.1 Å². The maximum absolute atomic E-state index is 12.4. The van der Waals surface area contributed by atoms with Crippen molar-refractivity contribution in [3.05, 3.63) is 64.4 Å². The summed E-state index contributed by atoms with van der Waals surface area (Å²) in [5.41, 5.74) is 3.13. The molecule has 0 radical (unpaired) electrons. The van der Waals surface area contributed by atoms with E-state index in [0.29, 0.717) is 27.4 Å². The van der Waals surface area contributed by atoms with E-state index < -0.39 is 10.0 Å². The first kappa shape index (κ1) is 24.1. The van der Waals surface area contributed by atoms with Crippen LogP contribution in [-0.2, 0) is 28.4 Å². The van der Waals surface area contributed by atoms with E-state index in [4.69, 9.17) is 11.6 Å². The first-order valence-corrected chi connectivity index (χ1v) is 12.9. The van der Waals surface area contributed by atoms with Gasteiger partial charge in [0.15, 0.2) is 11.0 Å². The van der Waals surface area contributed by atoms with E-state index in [2.05, 4.69) is 15.5 Å². The van der Waals surface area contributed by atoms with Crippen molar-refractivity contribution in [3.8, 4) is 0 Å². The Morgan fingerprint density at radius 3 is 2.47 bits per heavy atom. The van der Waals surface area contributed by atoms with E-state index in [0.717, 1.165) is 17.4 Å². The van der Waals surface area contributed by atoms with Gasteiger partial charge in [0, 0.05) is 17.8 Å². The third kappa shape index (κ3) is 6.02. The molecule has 0 aliphatic carbocycles. The fraction of sp³-hybridized carbons (Fsp3) is 0.286. The Kier molecular flexibility index (Phi) is 7.47. The SMILES string of the molecule is Cc1ccc(N(Cc2nnc(SCC(=O)Nc3ccc(C)c(Cl)c3)n2C)S(C)(=O)=O)cc1. The molecule has 1 amide bonds. The van der Waals surface area contributed by atoms with Crippen LogP contribution >= 0.6 is 23.4 Å². The molecule has 2 aromatic carbocycles. The number of thioether (sulfide) groups is 1. The number of rotatable bonds is 8. The standard InChI is InChI=1S/C21H24ClN5O3S2/c1-14-5-9-17(10-6-14)27(32(4,29)30)12-19-24-25-21(26(19)3)31-13-20(28)23-16-8-7-15(2)18(22)11-16/h5-11H,12-13H2,1-4H3,(H,23,28). The van der Waals surface area contributed by atoms with Gasteiger partial charge in [0.1, 0.15) is 0 Å². The van der Waals surface area contributed by atoms with Crippen LogP contribution < -0.4 is 9.62 Å². The number of nitrogens with one attached hydrogen (secondary N) is 1. The average Bonchev–Trinajstić information content (AvgIpc) is 3.07. The number of hydrogen-bond acceptors (Lipinski definition) is 6. The third-order valence-corrected chi connectivity index (χ3v) is 7.29. The molecule has 32 heavy (non-hydrogen) atoms. The highest BCUT2D eigenvalue weighted by Gasteiger charge is 2.21. The van der Waals surface area contributed by atoms with Gasteiger partial charge in [0.05, 0.1) is 24.2 Å². The van der Waals surface area contributed by atoms with Crippen molar-refractivity contribution in [2.75, 3.05) is 21.6 Å². The zero-order valence-electron chi connectivity index (χ0n) is 18.2. The van der Waals surface area contributed by atoms with Gasteiger partial charge in [0.2, 0.25) is 15.9 Å². The molecule has 0 bridgehead atoms. The second-order valence-electron chi connectivity index (χ2n) is 7.36. The highest BCUT2D eigenvalue weighted by atomic mass is 35.5. The maximum Gasteiger partial charge on any atom is 0.234 e. The molecule has 0 saturated heterocycles. The minimum atomic E-state index is -3.53. The fourth-order valence-electron chi connectivity index (χ4n) is 2.85. The normalized spacial score (nSPS) is 11.4. The maximum atomic E-state index is 12.4. The van der Waals surface area contributed by atoms with Crippen LogP contribution in [0, 0.1) is 13.8 Å². The van der Waals surface area contributed by atoms with Crippen molar-refractivity contribution < 1.29 is 13.2 Å². The Hall–Kier alpha value is -2.56. The Balaban J connectivity index is 1.68. The zero-order chi connectivity index (χ0) is 23.5. The number of aryl methyl sites for hydroxylation is 2. The minimum absolute atomic E-state index is 0.0278. The van der Waals surface area contributed by atoms with E-state index in [9.17, 15) is 13.2 Å². The molecule has 170 valence electrons. The topological polar surface area (TPSA) is 97.2 Å². The second kappa shape index (κ2) is 9.93. The number of halogens is 1. The number of carbonyl (C=O) groups is 1. The van der Waals surface area contributed by atoms with Gasteiger partial charge < -0.3 is 9.88 Å². The number of sulfonamides is 1. The van der Waals surface area contributed by atoms with Gasteiger partial charge in [-0.05, 0) is 43.7 Å². The number of hydrogen-bond donors (Lipinski definition) is 1. The molecular weight excluding hydrogens is 470 g/mol. The monoisotopic (exact) mass is 493 g/mol. The summed E-state index contributed by atoms with van der Waals surface area (Å²) in [5, 5.41) is 12.1. The molecule has 0 fully saturated rings. The van der Waals surface area contributed by atoms with Crippen LogP contribution in [0.4, 0.5) is 11.4 Å². The number of anilines is 2. The van der Waals surface area contributed by atoms with E-state index in [1.54, 1.807) is 35.9 Å². The largest absolute Gasteiger partial charge is 0.325 e. The van der Waals surface area contributed by atoms with Crippen LogP contribution in [0.2, 0.25) is 5.02 Å². The summed E-state index contributed by atoms with van der Waals surface area (Å²) in [5.74, 6) is 0.367. The number of nitrogens with zero attached hydrogens (tertiary/aromatic N) is 4. The molecular formula is C21H24ClN5O3S2. The van der Waals surface area contributed by atoms with Crippen molar-refractivity contribution in [1.29, 1.82) is 0 Å². The molecule has 0 spiro atoms. The lowest BCUT2D eigenvalue weighted by Gasteiger charge is -2.22. The number of carbonyl (C=O) groups excluding carboxylic acids is 1. The summed E-state index contributed by atoms with van der Waals surface area (Å²) in [6.07, 6.45) is 1.15. The van der Waals surface area contributed by atoms with Crippen LogP contribution in [0.1, 0.15) is 17.0 Å². The number of amides is 1. The second-order valence-corrected chi connectivity index (χ2v) is 10.6. The lowest BCUT2D eigenvalue weighted by Crippen LogP contribution is -2.30. The van der Waals surface area contributed by atoms with Gasteiger partial charge in [-0.2, -0.15) is 0 Å². The van der Waals surface area contributed by atoms with Crippen LogP contribution in [0.5, 0.6) is 0 Å². The van der Waals surface area contributed by atoms with Crippen molar-refractivity contribution in [1.82, 2.24) is 14.8 Å². The molecule has 1 aromatic heterocycles. The zero-order valence-corrected chi connectivity index (χ0v) is 20.6. The molecule has 11 heteroatoms. The van der Waals surface area contributed by atoms with Crippen molar-refractivity contribution in [2.24, 2.45) is 7.05 Å². The smallest absolute Gasteiger partial charge is 0.234 e. The van der Waals surface area contributed by atoms with Crippen LogP contribution in [0.3, 0.4) is 0 Å². The van der Waals surface area contributed by atoms with Gasteiger partial charge in [-0.25, -0.2) is 8.42 Å². The van der Waals surface area contributed by atoms with Gasteiger partial charge >= 0.3 is 0 Å². The lowest BCUT2D eigenvalue weighted by molar-refractivity contribution is -0.113. The summed E-state index contributed by atoms with van der Waals surface area (Å²) >= 11 is 7.31. The molecule has 1 N–H and O–H groups in total. The van der Waals surface area contributed by atoms with Crippen LogP contribution in [0.25, 0.3) is 0 Å². The highest BCUT2D eigenvalue weighted by Crippen LogP contribution is 2.23. The quantitative estimate of drug-likeness (QED) is 0.479. The Labute approximate surface area is 197 Å². The first-order chi connectivity index (χ1) is 15.0. The molecule has 0 saturated carbocycles. The van der Waals surface area contributed by atoms with Gasteiger partial charge in [0.25, 0.3) is 0 Å². The molecule has 0 atom stereocenters. The van der Waals surface area contributed by atoms with Crippen molar-refractivity contribution in [3.63, 3.8) is 0 Å². The molecule has 1 heterocycles. The number of aromatic nitrogens is 3. The third-order valence-electron chi connectivity index (χ3n) is 4.72. The molecule has 0 aliphatic rings. The minimum Gasteiger partial charge on any atom is -0.325 e.